The average molecular weight is 460 g/mol. The highest BCUT2D eigenvalue weighted by Crippen LogP contribution is 2.18. The highest BCUT2D eigenvalue weighted by molar-refractivity contribution is 7.15. The maximum atomic E-state index is 11.9. The zero-order valence-corrected chi connectivity index (χ0v) is 19.6. The lowest BCUT2D eigenvalue weighted by molar-refractivity contribution is -0.119. The summed E-state index contributed by atoms with van der Waals surface area (Å²) >= 11 is 1.33. The molecule has 0 atom stereocenters. The molecule has 174 valence electrons. The van der Waals surface area contributed by atoms with E-state index in [1.807, 2.05) is 19.9 Å². The quantitative estimate of drug-likeness (QED) is 0.224. The van der Waals surface area contributed by atoms with Gasteiger partial charge in [0, 0.05) is 24.2 Å². The Morgan fingerprint density at radius 2 is 1.75 bits per heavy atom. The number of aromatic nitrogens is 2. The van der Waals surface area contributed by atoms with Crippen LogP contribution in [0.5, 0.6) is 0 Å². The van der Waals surface area contributed by atoms with E-state index in [-0.39, 0.29) is 30.5 Å². The number of carbonyl (C=O) groups is 2. The first-order chi connectivity index (χ1) is 15.0. The molecule has 0 spiro atoms. The topological polar surface area (TPSA) is 162 Å². The Morgan fingerprint density at radius 1 is 1.03 bits per heavy atom. The van der Waals surface area contributed by atoms with Crippen LogP contribution >= 0.6 is 11.3 Å². The van der Waals surface area contributed by atoms with E-state index >= 15 is 0 Å². The van der Waals surface area contributed by atoms with Gasteiger partial charge in [-0.3, -0.25) is 9.59 Å². The summed E-state index contributed by atoms with van der Waals surface area (Å²) in [5, 5.41) is 14.6. The average Bonchev–Trinajstić information content (AvgIpc) is 3.09. The number of carbonyl (C=O) groups excluding carboxylic acids is 2. The molecule has 0 aliphatic heterocycles. The minimum atomic E-state index is -0.264. The summed E-state index contributed by atoms with van der Waals surface area (Å²) in [5.41, 5.74) is 20.0. The molecule has 0 radical (unpaired) electrons. The minimum Gasteiger partial charge on any atom is -0.402 e. The summed E-state index contributed by atoms with van der Waals surface area (Å²) in [6, 6.07) is 0. The highest BCUT2D eigenvalue weighted by atomic mass is 32.1. The van der Waals surface area contributed by atoms with Crippen LogP contribution in [0.25, 0.3) is 0 Å². The summed E-state index contributed by atoms with van der Waals surface area (Å²) in [5.74, 6) is -0.218. The molecule has 1 heterocycles. The van der Waals surface area contributed by atoms with Gasteiger partial charge in [0.05, 0.1) is 6.42 Å². The van der Waals surface area contributed by atoms with Gasteiger partial charge in [-0.05, 0) is 45.3 Å². The molecule has 32 heavy (non-hydrogen) atoms. The molecule has 1 aromatic rings. The summed E-state index contributed by atoms with van der Waals surface area (Å²) in [7, 11) is 0. The predicted molar refractivity (Wildman–Crippen MR) is 130 cm³/mol. The number of nitrogens with one attached hydrogen (secondary N) is 2. The minimum absolute atomic E-state index is 0.0505. The van der Waals surface area contributed by atoms with Gasteiger partial charge in [0.25, 0.3) is 0 Å². The SMILES string of the molecule is C=C(C)/C=C(\C)CC(=O)N/C(N)=C/C=C(\N)CCCCc1nnc(NC(=O)CC(=C)N)s1. The molecule has 2 amide bonds. The molecule has 0 aromatic carbocycles. The molecule has 0 unspecified atom stereocenters. The predicted octanol–water partition coefficient (Wildman–Crippen LogP) is 2.72. The third kappa shape index (κ3) is 12.3. The van der Waals surface area contributed by atoms with Crippen LogP contribution in [0.2, 0.25) is 0 Å². The normalized spacial score (nSPS) is 12.4. The van der Waals surface area contributed by atoms with E-state index in [0.29, 0.717) is 22.9 Å². The Morgan fingerprint density at radius 3 is 2.41 bits per heavy atom. The number of amides is 2. The van der Waals surface area contributed by atoms with Crippen molar-refractivity contribution in [1.29, 1.82) is 0 Å². The second kappa shape index (κ2) is 13.8. The fourth-order valence-corrected chi connectivity index (χ4v) is 3.43. The maximum Gasteiger partial charge on any atom is 0.232 e. The fraction of sp³-hybridized carbons (Fsp3) is 0.364. The first-order valence-corrected chi connectivity index (χ1v) is 11.0. The molecule has 1 aromatic heterocycles. The van der Waals surface area contributed by atoms with E-state index in [0.717, 1.165) is 35.4 Å². The summed E-state index contributed by atoms with van der Waals surface area (Å²) < 4.78 is 0. The molecular formula is C22H33N7O2S. The number of rotatable bonds is 13. The smallest absolute Gasteiger partial charge is 0.232 e. The maximum absolute atomic E-state index is 11.9. The second-order valence-electron chi connectivity index (χ2n) is 7.52. The number of hydrogen-bond acceptors (Lipinski definition) is 8. The van der Waals surface area contributed by atoms with Crippen molar-refractivity contribution in [3.8, 4) is 0 Å². The highest BCUT2D eigenvalue weighted by Gasteiger charge is 2.08. The Kier molecular flexibility index (Phi) is 11.5. The lowest BCUT2D eigenvalue weighted by Gasteiger charge is -2.05. The first kappa shape index (κ1) is 26.6. The number of aryl methyl sites for hydroxylation is 1. The fourth-order valence-electron chi connectivity index (χ4n) is 2.63. The van der Waals surface area contributed by atoms with Crippen LogP contribution in [-0.2, 0) is 16.0 Å². The molecule has 0 saturated carbocycles. The lowest BCUT2D eigenvalue weighted by Crippen LogP contribution is -2.27. The molecule has 0 fully saturated rings. The van der Waals surface area contributed by atoms with Gasteiger partial charge < -0.3 is 27.8 Å². The van der Waals surface area contributed by atoms with Gasteiger partial charge in [0.1, 0.15) is 10.8 Å². The molecule has 0 aliphatic carbocycles. The van der Waals surface area contributed by atoms with E-state index < -0.39 is 0 Å². The van der Waals surface area contributed by atoms with Gasteiger partial charge >= 0.3 is 0 Å². The van der Waals surface area contributed by atoms with Crippen LogP contribution in [0, 0.1) is 0 Å². The summed E-state index contributed by atoms with van der Waals surface area (Å²) in [6.45, 7) is 11.0. The third-order valence-electron chi connectivity index (χ3n) is 3.90. The zero-order valence-electron chi connectivity index (χ0n) is 18.7. The molecule has 1 rings (SSSR count). The van der Waals surface area contributed by atoms with E-state index in [2.05, 4.69) is 34.0 Å². The van der Waals surface area contributed by atoms with Crippen LogP contribution in [-0.4, -0.2) is 22.0 Å². The Hall–Kier alpha value is -3.40. The number of allylic oxidation sites excluding steroid dienone is 5. The standard InChI is InChI=1S/C22H33N7O2S/c1-14(2)11-15(3)12-19(30)26-18(25)10-9-17(24)7-5-6-8-21-28-29-22(32-21)27-20(31)13-16(4)23/h9-11H,1,4-8,12-13,23-25H2,2-3H3,(H,26,30)(H,27,29,31)/b15-11+,17-9-,18-10+. The third-order valence-corrected chi connectivity index (χ3v) is 4.80. The largest absolute Gasteiger partial charge is 0.402 e. The second-order valence-corrected chi connectivity index (χ2v) is 8.58. The van der Waals surface area contributed by atoms with E-state index in [4.69, 9.17) is 17.2 Å². The lowest BCUT2D eigenvalue weighted by atomic mass is 10.1. The van der Waals surface area contributed by atoms with Crippen molar-refractivity contribution >= 4 is 28.3 Å². The number of nitrogens with zero attached hydrogens (tertiary/aromatic N) is 2. The van der Waals surface area contributed by atoms with Crippen LogP contribution in [0.3, 0.4) is 0 Å². The monoisotopic (exact) mass is 459 g/mol. The van der Waals surface area contributed by atoms with Gasteiger partial charge in [0.15, 0.2) is 0 Å². The van der Waals surface area contributed by atoms with Gasteiger partial charge in [0.2, 0.25) is 16.9 Å². The van der Waals surface area contributed by atoms with Crippen molar-refractivity contribution < 1.29 is 9.59 Å². The number of unbranched alkanes of at least 4 members (excludes halogenated alkanes) is 1. The van der Waals surface area contributed by atoms with E-state index in [9.17, 15) is 9.59 Å². The van der Waals surface area contributed by atoms with Crippen LogP contribution in [0.4, 0.5) is 5.13 Å². The van der Waals surface area contributed by atoms with Crippen molar-refractivity contribution in [2.75, 3.05) is 5.32 Å². The van der Waals surface area contributed by atoms with Crippen molar-refractivity contribution in [2.24, 2.45) is 17.2 Å². The number of nitrogens with two attached hydrogens (primary N) is 3. The molecule has 0 aliphatic rings. The van der Waals surface area contributed by atoms with E-state index in [1.165, 1.54) is 11.3 Å². The first-order valence-electron chi connectivity index (χ1n) is 10.1. The number of hydrogen-bond donors (Lipinski definition) is 5. The molecule has 10 heteroatoms. The molecular weight excluding hydrogens is 426 g/mol. The van der Waals surface area contributed by atoms with Crippen molar-refractivity contribution in [3.63, 3.8) is 0 Å². The van der Waals surface area contributed by atoms with Gasteiger partial charge in [-0.2, -0.15) is 0 Å². The van der Waals surface area contributed by atoms with Crippen LogP contribution in [0.1, 0.15) is 51.0 Å². The Balaban J connectivity index is 2.36. The van der Waals surface area contributed by atoms with Crippen molar-refractivity contribution in [2.45, 2.75) is 52.4 Å². The van der Waals surface area contributed by atoms with Crippen LogP contribution in [0.15, 0.2) is 59.7 Å². The number of anilines is 1. The summed E-state index contributed by atoms with van der Waals surface area (Å²) in [4.78, 5) is 23.6. The Bertz CT molecular complexity index is 928. The van der Waals surface area contributed by atoms with Crippen molar-refractivity contribution in [1.82, 2.24) is 15.5 Å². The molecule has 8 N–H and O–H groups in total. The van der Waals surface area contributed by atoms with Crippen LogP contribution < -0.4 is 27.8 Å². The molecule has 0 saturated heterocycles. The summed E-state index contributed by atoms with van der Waals surface area (Å²) in [6.07, 6.45) is 8.55. The molecule has 9 nitrogen and oxygen atoms in total. The zero-order chi connectivity index (χ0) is 24.1. The van der Waals surface area contributed by atoms with E-state index in [1.54, 1.807) is 12.2 Å². The van der Waals surface area contributed by atoms with Crippen molar-refractivity contribution in [3.05, 3.63) is 64.8 Å². The Labute approximate surface area is 193 Å². The van der Waals surface area contributed by atoms with Gasteiger partial charge in [-0.25, -0.2) is 0 Å². The van der Waals surface area contributed by atoms with Gasteiger partial charge in [-0.1, -0.05) is 41.7 Å². The van der Waals surface area contributed by atoms with Gasteiger partial charge in [-0.15, -0.1) is 10.2 Å². The molecule has 0 bridgehead atoms.